The van der Waals surface area contributed by atoms with Crippen LogP contribution in [0, 0.1) is 5.82 Å². The van der Waals surface area contributed by atoms with Crippen LogP contribution < -0.4 is 5.32 Å². The van der Waals surface area contributed by atoms with Crippen LogP contribution in [0.1, 0.15) is 37.9 Å². The van der Waals surface area contributed by atoms with Crippen molar-refractivity contribution in [2.24, 2.45) is 0 Å². The van der Waals surface area contributed by atoms with Gasteiger partial charge in [-0.15, -0.1) is 0 Å². The highest BCUT2D eigenvalue weighted by atomic mass is 19.1. The van der Waals surface area contributed by atoms with Crippen molar-refractivity contribution in [3.63, 3.8) is 0 Å². The molecule has 0 bridgehead atoms. The van der Waals surface area contributed by atoms with Crippen molar-refractivity contribution in [1.29, 1.82) is 0 Å². The van der Waals surface area contributed by atoms with Crippen LogP contribution >= 0.6 is 0 Å². The lowest BCUT2D eigenvalue weighted by atomic mass is 9.98. The molecule has 0 spiro atoms. The van der Waals surface area contributed by atoms with Crippen molar-refractivity contribution >= 4 is 5.97 Å². The van der Waals surface area contributed by atoms with Crippen LogP contribution in [-0.2, 0) is 4.79 Å². The van der Waals surface area contributed by atoms with Gasteiger partial charge in [0.05, 0.1) is 6.10 Å². The van der Waals surface area contributed by atoms with Gasteiger partial charge in [0.25, 0.3) is 0 Å². The Hall–Kier alpha value is -1.46. The number of aliphatic hydroxyl groups excluding tert-OH is 1. The monoisotopic (exact) mass is 269 g/mol. The average molecular weight is 269 g/mol. The molecule has 3 N–H and O–H groups in total. The molecule has 4 nitrogen and oxygen atoms in total. The summed E-state index contributed by atoms with van der Waals surface area (Å²) in [5.41, 5.74) is 0.584. The quantitative estimate of drug-likeness (QED) is 0.676. The zero-order valence-electron chi connectivity index (χ0n) is 11.0. The third-order valence-corrected chi connectivity index (χ3v) is 2.92. The lowest BCUT2D eigenvalue weighted by Gasteiger charge is -2.24. The van der Waals surface area contributed by atoms with E-state index in [0.717, 1.165) is 6.42 Å². The molecule has 0 aromatic heterocycles. The van der Waals surface area contributed by atoms with Crippen LogP contribution in [0.25, 0.3) is 0 Å². The summed E-state index contributed by atoms with van der Waals surface area (Å²) in [6.07, 6.45) is 0.360. The highest BCUT2D eigenvalue weighted by Crippen LogP contribution is 2.20. The Morgan fingerprint density at radius 3 is 2.53 bits per heavy atom. The molecule has 0 fully saturated rings. The molecule has 0 radical (unpaired) electrons. The summed E-state index contributed by atoms with van der Waals surface area (Å²) in [7, 11) is 0. The van der Waals surface area contributed by atoms with Gasteiger partial charge in [0.15, 0.2) is 0 Å². The maximum absolute atomic E-state index is 12.8. The van der Waals surface area contributed by atoms with E-state index in [9.17, 15) is 14.3 Å². The Balaban J connectivity index is 2.71. The number of hydrogen-bond donors (Lipinski definition) is 3. The second-order valence-electron chi connectivity index (χ2n) is 4.49. The maximum Gasteiger partial charge on any atom is 0.303 e. The Morgan fingerprint density at radius 1 is 1.37 bits per heavy atom. The van der Waals surface area contributed by atoms with Gasteiger partial charge in [0, 0.05) is 12.5 Å². The lowest BCUT2D eigenvalue weighted by Crippen LogP contribution is -2.36. The summed E-state index contributed by atoms with van der Waals surface area (Å²) in [4.78, 5) is 10.6. The molecule has 0 amide bonds. The number of carboxylic acid groups (broad SMARTS) is 1. The van der Waals surface area contributed by atoms with Gasteiger partial charge in [-0.25, -0.2) is 4.39 Å². The van der Waals surface area contributed by atoms with Crippen molar-refractivity contribution in [1.82, 2.24) is 5.32 Å². The van der Waals surface area contributed by atoms with Crippen molar-refractivity contribution in [3.05, 3.63) is 35.6 Å². The number of aliphatic hydroxyl groups is 1. The third kappa shape index (κ3) is 5.36. The Morgan fingerprint density at radius 2 is 2.00 bits per heavy atom. The summed E-state index contributed by atoms with van der Waals surface area (Å²) in [6, 6.07) is 5.25. The number of carbonyl (C=O) groups is 1. The molecule has 1 rings (SSSR count). The van der Waals surface area contributed by atoms with E-state index in [4.69, 9.17) is 5.11 Å². The van der Waals surface area contributed by atoms with Gasteiger partial charge in [-0.2, -0.15) is 0 Å². The van der Waals surface area contributed by atoms with Crippen molar-refractivity contribution in [2.45, 2.75) is 38.3 Å². The molecule has 0 heterocycles. The Labute approximate surface area is 112 Å². The summed E-state index contributed by atoms with van der Waals surface area (Å²) >= 11 is 0. The summed E-state index contributed by atoms with van der Waals surface area (Å²) in [5, 5.41) is 22.1. The minimum atomic E-state index is -0.894. The molecule has 19 heavy (non-hydrogen) atoms. The number of aliphatic carboxylic acids is 1. The molecule has 1 aromatic carbocycles. The fraction of sp³-hybridized carbons (Fsp3) is 0.500. The van der Waals surface area contributed by atoms with Gasteiger partial charge in [0.2, 0.25) is 0 Å². The molecule has 0 aliphatic heterocycles. The molecule has 0 saturated heterocycles. The zero-order valence-corrected chi connectivity index (χ0v) is 11.0. The van der Waals surface area contributed by atoms with E-state index in [0.29, 0.717) is 18.5 Å². The van der Waals surface area contributed by atoms with E-state index in [1.54, 1.807) is 0 Å². The van der Waals surface area contributed by atoms with Crippen LogP contribution in [-0.4, -0.2) is 28.8 Å². The molecule has 1 aromatic rings. The first kappa shape index (κ1) is 15.6. The smallest absolute Gasteiger partial charge is 0.303 e. The van der Waals surface area contributed by atoms with Gasteiger partial charge in [-0.05, 0) is 37.1 Å². The van der Waals surface area contributed by atoms with Gasteiger partial charge < -0.3 is 15.5 Å². The van der Waals surface area contributed by atoms with Crippen molar-refractivity contribution in [2.75, 3.05) is 6.54 Å². The highest BCUT2D eigenvalue weighted by Gasteiger charge is 2.21. The third-order valence-electron chi connectivity index (χ3n) is 2.92. The van der Waals surface area contributed by atoms with Crippen LogP contribution in [0.2, 0.25) is 0 Å². The Bertz CT molecular complexity index is 394. The van der Waals surface area contributed by atoms with E-state index in [1.807, 2.05) is 6.92 Å². The molecule has 106 valence electrons. The number of halogens is 1. The zero-order chi connectivity index (χ0) is 14.3. The van der Waals surface area contributed by atoms with E-state index in [2.05, 4.69) is 5.32 Å². The van der Waals surface area contributed by atoms with E-state index in [1.165, 1.54) is 24.3 Å². The van der Waals surface area contributed by atoms with Gasteiger partial charge in [-0.3, -0.25) is 4.79 Å². The standard InChI is InChI=1S/C14H20FNO3/c1-2-9-16-12(7-8-13(17)18)14(19)10-3-5-11(15)6-4-10/h3-6,12,14,16,19H,2,7-9H2,1H3,(H,17,18). The summed E-state index contributed by atoms with van der Waals surface area (Å²) in [6.45, 7) is 2.69. The lowest BCUT2D eigenvalue weighted by molar-refractivity contribution is -0.137. The molecular weight excluding hydrogens is 249 g/mol. The summed E-state index contributed by atoms with van der Waals surface area (Å²) in [5.74, 6) is -1.26. The maximum atomic E-state index is 12.8. The largest absolute Gasteiger partial charge is 0.481 e. The van der Waals surface area contributed by atoms with Crippen molar-refractivity contribution in [3.8, 4) is 0 Å². The van der Waals surface area contributed by atoms with Gasteiger partial charge in [-0.1, -0.05) is 19.1 Å². The number of benzene rings is 1. The number of hydrogen-bond acceptors (Lipinski definition) is 3. The van der Waals surface area contributed by atoms with Crippen LogP contribution in [0.4, 0.5) is 4.39 Å². The fourth-order valence-electron chi connectivity index (χ4n) is 1.87. The highest BCUT2D eigenvalue weighted by molar-refractivity contribution is 5.66. The molecule has 2 unspecified atom stereocenters. The molecule has 0 aliphatic carbocycles. The number of rotatable bonds is 8. The Kier molecular flexibility index (Phi) is 6.45. The minimum absolute atomic E-state index is 0.0143. The normalized spacial score (nSPS) is 14.1. The number of carboxylic acids is 1. The van der Waals surface area contributed by atoms with Gasteiger partial charge in [0.1, 0.15) is 5.82 Å². The van der Waals surface area contributed by atoms with E-state index in [-0.39, 0.29) is 18.3 Å². The SMILES string of the molecule is CCCNC(CCC(=O)O)C(O)c1ccc(F)cc1. The minimum Gasteiger partial charge on any atom is -0.481 e. The summed E-state index contributed by atoms with van der Waals surface area (Å²) < 4.78 is 12.8. The molecule has 2 atom stereocenters. The van der Waals surface area contributed by atoms with Crippen LogP contribution in [0.5, 0.6) is 0 Å². The van der Waals surface area contributed by atoms with E-state index >= 15 is 0 Å². The molecule has 0 aliphatic rings. The first-order chi connectivity index (χ1) is 9.04. The topological polar surface area (TPSA) is 69.6 Å². The van der Waals surface area contributed by atoms with Crippen LogP contribution in [0.15, 0.2) is 24.3 Å². The first-order valence-corrected chi connectivity index (χ1v) is 6.43. The second kappa shape index (κ2) is 7.86. The first-order valence-electron chi connectivity index (χ1n) is 6.43. The molecule has 0 saturated carbocycles. The average Bonchev–Trinajstić information content (AvgIpc) is 2.39. The molecule has 5 heteroatoms. The van der Waals surface area contributed by atoms with Crippen molar-refractivity contribution < 1.29 is 19.4 Å². The predicted octanol–water partition coefficient (Wildman–Crippen LogP) is 2.09. The fourth-order valence-corrected chi connectivity index (χ4v) is 1.87. The molecular formula is C14H20FNO3. The van der Waals surface area contributed by atoms with Gasteiger partial charge >= 0.3 is 5.97 Å². The second-order valence-corrected chi connectivity index (χ2v) is 4.49. The van der Waals surface area contributed by atoms with Crippen LogP contribution in [0.3, 0.4) is 0 Å². The predicted molar refractivity (Wildman–Crippen MR) is 70.3 cm³/mol. The van der Waals surface area contributed by atoms with E-state index < -0.39 is 12.1 Å². The number of nitrogens with one attached hydrogen (secondary N) is 1.